The van der Waals surface area contributed by atoms with Gasteiger partial charge in [0.1, 0.15) is 12.2 Å². The van der Waals surface area contributed by atoms with Crippen LogP contribution in [0.1, 0.15) is 31.4 Å². The predicted octanol–water partition coefficient (Wildman–Crippen LogP) is 6.31. The molecular weight excluding hydrogens is 402 g/mol. The molecular formula is C26H29N3OS. The molecule has 0 saturated heterocycles. The Morgan fingerprint density at radius 2 is 2.10 bits per heavy atom. The average molecular weight is 432 g/mol. The molecule has 0 spiro atoms. The van der Waals surface area contributed by atoms with Crippen molar-refractivity contribution in [3.63, 3.8) is 0 Å². The maximum Gasteiger partial charge on any atom is 0.152 e. The number of ether oxygens (including phenoxy) is 1. The lowest BCUT2D eigenvalue weighted by Gasteiger charge is -2.31. The van der Waals surface area contributed by atoms with E-state index in [0.29, 0.717) is 12.6 Å². The standard InChI is InChI=1S/C26H29N3OS/c1-3-4-12-27-15-20(2)16-29-17-21-14-22(18-31-23-9-6-5-7-10-23)24-11-8-13-28-25(24)26(21)30-19-29/h4-15,20H,3,16-19H2,1-2H3/b12-4-,27-15?. The third kappa shape index (κ3) is 5.54. The van der Waals surface area contributed by atoms with Gasteiger partial charge in [-0.25, -0.2) is 0 Å². The summed E-state index contributed by atoms with van der Waals surface area (Å²) in [6.07, 6.45) is 8.83. The van der Waals surface area contributed by atoms with Gasteiger partial charge in [0.15, 0.2) is 5.75 Å². The van der Waals surface area contributed by atoms with Gasteiger partial charge < -0.3 is 4.74 Å². The summed E-state index contributed by atoms with van der Waals surface area (Å²) >= 11 is 1.86. The molecule has 0 saturated carbocycles. The highest BCUT2D eigenvalue weighted by Crippen LogP contribution is 2.37. The number of nitrogens with zero attached hydrogens (tertiary/aromatic N) is 3. The van der Waals surface area contributed by atoms with Gasteiger partial charge >= 0.3 is 0 Å². The molecule has 0 aliphatic carbocycles. The van der Waals surface area contributed by atoms with E-state index in [0.717, 1.165) is 36.5 Å². The summed E-state index contributed by atoms with van der Waals surface area (Å²) in [6, 6.07) is 17.0. The fourth-order valence-electron chi connectivity index (χ4n) is 3.80. The quantitative estimate of drug-likeness (QED) is 0.309. The summed E-state index contributed by atoms with van der Waals surface area (Å²) in [5.74, 6) is 2.21. The molecule has 0 bridgehead atoms. The molecule has 0 N–H and O–H groups in total. The molecule has 3 aromatic rings. The van der Waals surface area contributed by atoms with E-state index in [-0.39, 0.29) is 0 Å². The topological polar surface area (TPSA) is 37.7 Å². The number of hydrogen-bond donors (Lipinski definition) is 0. The van der Waals surface area contributed by atoms with Crippen LogP contribution in [-0.4, -0.2) is 29.4 Å². The molecule has 5 heteroatoms. The number of allylic oxidation sites excluding steroid dienone is 1. The molecule has 1 unspecified atom stereocenters. The zero-order valence-corrected chi connectivity index (χ0v) is 19.0. The Bertz CT molecular complexity index is 1060. The Kier molecular flexibility index (Phi) is 7.39. The number of aromatic nitrogens is 1. The van der Waals surface area contributed by atoms with Crippen LogP contribution in [-0.2, 0) is 12.3 Å². The van der Waals surface area contributed by atoms with Crippen LogP contribution >= 0.6 is 11.8 Å². The van der Waals surface area contributed by atoms with Gasteiger partial charge in [0.05, 0.1) is 0 Å². The van der Waals surface area contributed by atoms with Gasteiger partial charge in [-0.3, -0.25) is 14.9 Å². The van der Waals surface area contributed by atoms with Crippen LogP contribution in [0.15, 0.2) is 76.9 Å². The molecule has 2 heterocycles. The lowest BCUT2D eigenvalue weighted by molar-refractivity contribution is 0.0914. The summed E-state index contributed by atoms with van der Waals surface area (Å²) < 4.78 is 6.21. The molecule has 0 fully saturated rings. The van der Waals surface area contributed by atoms with Crippen LogP contribution in [0, 0.1) is 5.92 Å². The molecule has 4 nitrogen and oxygen atoms in total. The Hall–Kier alpha value is -2.63. The Morgan fingerprint density at radius 3 is 2.94 bits per heavy atom. The van der Waals surface area contributed by atoms with Gasteiger partial charge in [-0.15, -0.1) is 11.8 Å². The van der Waals surface area contributed by atoms with Crippen molar-refractivity contribution < 1.29 is 4.74 Å². The highest BCUT2D eigenvalue weighted by atomic mass is 32.2. The van der Waals surface area contributed by atoms with Crippen molar-refractivity contribution in [1.29, 1.82) is 0 Å². The van der Waals surface area contributed by atoms with Gasteiger partial charge in [-0.05, 0) is 36.2 Å². The maximum atomic E-state index is 6.21. The van der Waals surface area contributed by atoms with Gasteiger partial charge in [0.2, 0.25) is 0 Å². The molecule has 2 aromatic carbocycles. The molecule has 1 aliphatic rings. The number of hydrogen-bond acceptors (Lipinski definition) is 5. The first-order chi connectivity index (χ1) is 15.2. The number of pyridine rings is 1. The van der Waals surface area contributed by atoms with Crippen molar-refractivity contribution in [2.75, 3.05) is 13.3 Å². The highest BCUT2D eigenvalue weighted by Gasteiger charge is 2.23. The van der Waals surface area contributed by atoms with Crippen LogP contribution in [0.4, 0.5) is 0 Å². The monoisotopic (exact) mass is 431 g/mol. The Labute approximate surface area is 189 Å². The average Bonchev–Trinajstić information content (AvgIpc) is 2.81. The normalized spacial score (nSPS) is 15.4. The SMILES string of the molecule is CC/C=C\N=CC(C)CN1COc2c(cc(CSc3ccccc3)c3cccnc23)C1. The summed E-state index contributed by atoms with van der Waals surface area (Å²) in [6.45, 7) is 6.68. The first kappa shape index (κ1) is 21.6. The molecule has 1 aliphatic heterocycles. The number of benzene rings is 2. The van der Waals surface area contributed by atoms with Crippen molar-refractivity contribution in [3.05, 3.63) is 78.1 Å². The zero-order chi connectivity index (χ0) is 21.5. The van der Waals surface area contributed by atoms with Crippen molar-refractivity contribution in [1.82, 2.24) is 9.88 Å². The molecule has 31 heavy (non-hydrogen) atoms. The number of rotatable bonds is 8. The van der Waals surface area contributed by atoms with Crippen LogP contribution in [0.5, 0.6) is 5.75 Å². The van der Waals surface area contributed by atoms with E-state index >= 15 is 0 Å². The first-order valence-electron chi connectivity index (χ1n) is 10.9. The Morgan fingerprint density at radius 1 is 1.23 bits per heavy atom. The van der Waals surface area contributed by atoms with Crippen molar-refractivity contribution in [2.45, 2.75) is 37.5 Å². The predicted molar refractivity (Wildman–Crippen MR) is 131 cm³/mol. The second-order valence-electron chi connectivity index (χ2n) is 7.88. The third-order valence-corrected chi connectivity index (χ3v) is 6.31. The van der Waals surface area contributed by atoms with Crippen LogP contribution < -0.4 is 4.74 Å². The lowest BCUT2D eigenvalue weighted by atomic mass is 10.0. The Balaban J connectivity index is 1.53. The van der Waals surface area contributed by atoms with Crippen LogP contribution in [0.3, 0.4) is 0 Å². The van der Waals surface area contributed by atoms with Crippen molar-refractivity contribution in [2.24, 2.45) is 10.9 Å². The highest BCUT2D eigenvalue weighted by molar-refractivity contribution is 7.98. The number of aliphatic imine (C=N–C) groups is 1. The summed E-state index contributed by atoms with van der Waals surface area (Å²) in [5.41, 5.74) is 3.50. The van der Waals surface area contributed by atoms with Gasteiger partial charge in [-0.2, -0.15) is 0 Å². The van der Waals surface area contributed by atoms with Crippen molar-refractivity contribution >= 4 is 28.9 Å². The lowest BCUT2D eigenvalue weighted by Crippen LogP contribution is -2.35. The third-order valence-electron chi connectivity index (χ3n) is 5.25. The van der Waals surface area contributed by atoms with E-state index in [4.69, 9.17) is 4.74 Å². The fraction of sp³-hybridized carbons (Fsp3) is 0.308. The molecule has 0 amide bonds. The van der Waals surface area contributed by atoms with E-state index in [2.05, 4.69) is 77.3 Å². The van der Waals surface area contributed by atoms with Crippen LogP contribution in [0.2, 0.25) is 0 Å². The largest absolute Gasteiger partial charge is 0.475 e. The molecule has 1 atom stereocenters. The van der Waals surface area contributed by atoms with E-state index in [9.17, 15) is 0 Å². The van der Waals surface area contributed by atoms with E-state index in [1.54, 1.807) is 0 Å². The summed E-state index contributed by atoms with van der Waals surface area (Å²) in [4.78, 5) is 12.7. The summed E-state index contributed by atoms with van der Waals surface area (Å²) in [7, 11) is 0. The maximum absolute atomic E-state index is 6.21. The summed E-state index contributed by atoms with van der Waals surface area (Å²) in [5, 5.41) is 1.18. The fourth-order valence-corrected chi connectivity index (χ4v) is 4.71. The van der Waals surface area contributed by atoms with E-state index in [1.807, 2.05) is 36.4 Å². The molecule has 4 rings (SSSR count). The van der Waals surface area contributed by atoms with Gasteiger partial charge in [0.25, 0.3) is 0 Å². The minimum atomic E-state index is 0.360. The minimum Gasteiger partial charge on any atom is -0.475 e. The van der Waals surface area contributed by atoms with E-state index < -0.39 is 0 Å². The first-order valence-corrected chi connectivity index (χ1v) is 11.8. The molecule has 160 valence electrons. The van der Waals surface area contributed by atoms with Gasteiger partial charge in [-0.1, -0.05) is 44.2 Å². The van der Waals surface area contributed by atoms with Crippen molar-refractivity contribution in [3.8, 4) is 5.75 Å². The minimum absolute atomic E-state index is 0.360. The molecule has 1 aromatic heterocycles. The second-order valence-corrected chi connectivity index (χ2v) is 8.93. The number of thioether (sulfide) groups is 1. The number of fused-ring (bicyclic) bond motifs is 3. The second kappa shape index (κ2) is 10.6. The smallest absolute Gasteiger partial charge is 0.152 e. The zero-order valence-electron chi connectivity index (χ0n) is 18.2. The van der Waals surface area contributed by atoms with E-state index in [1.165, 1.54) is 21.4 Å². The van der Waals surface area contributed by atoms with Gasteiger partial charge in [0, 0.05) is 59.2 Å². The van der Waals surface area contributed by atoms with Crippen LogP contribution in [0.25, 0.3) is 10.9 Å². The molecule has 0 radical (unpaired) electrons.